The molecule has 0 spiro atoms. The van der Waals surface area contributed by atoms with E-state index < -0.39 is 0 Å². The molecule has 0 radical (unpaired) electrons. The summed E-state index contributed by atoms with van der Waals surface area (Å²) < 4.78 is 16.7. The van der Waals surface area contributed by atoms with E-state index in [4.69, 9.17) is 14.2 Å². The van der Waals surface area contributed by atoms with Crippen molar-refractivity contribution >= 4 is 12.2 Å². The molecule has 7 heteroatoms. The molecule has 1 aliphatic heterocycles. The normalized spacial score (nSPS) is 16.1. The summed E-state index contributed by atoms with van der Waals surface area (Å²) in [5.41, 5.74) is 0.691. The molecule has 1 amide bonds. The number of phenols is 1. The molecule has 1 heterocycles. The Morgan fingerprint density at radius 3 is 2.77 bits per heavy atom. The summed E-state index contributed by atoms with van der Waals surface area (Å²) in [6.45, 7) is 4.01. The molecule has 30 heavy (non-hydrogen) atoms. The fraction of sp³-hybridized carbons (Fsp3) is 0.391. The highest BCUT2D eigenvalue weighted by Crippen LogP contribution is 2.30. The van der Waals surface area contributed by atoms with Crippen LogP contribution in [0.1, 0.15) is 40.5 Å². The van der Waals surface area contributed by atoms with Crippen LogP contribution in [0.3, 0.4) is 0 Å². The highest BCUT2D eigenvalue weighted by molar-refractivity contribution is 5.95. The fourth-order valence-corrected chi connectivity index (χ4v) is 3.63. The Balaban J connectivity index is 1.65. The van der Waals surface area contributed by atoms with Crippen molar-refractivity contribution < 1.29 is 28.9 Å². The van der Waals surface area contributed by atoms with Crippen LogP contribution in [0.5, 0.6) is 23.0 Å². The van der Waals surface area contributed by atoms with Crippen molar-refractivity contribution in [2.24, 2.45) is 5.92 Å². The molecule has 2 aromatic rings. The van der Waals surface area contributed by atoms with Gasteiger partial charge in [-0.3, -0.25) is 9.59 Å². The number of hydrogen-bond acceptors (Lipinski definition) is 6. The number of aldehydes is 1. The van der Waals surface area contributed by atoms with E-state index in [1.54, 1.807) is 37.4 Å². The van der Waals surface area contributed by atoms with Crippen molar-refractivity contribution in [1.29, 1.82) is 0 Å². The van der Waals surface area contributed by atoms with Crippen LogP contribution < -0.4 is 14.2 Å². The number of aromatic hydroxyl groups is 1. The van der Waals surface area contributed by atoms with Crippen LogP contribution >= 0.6 is 0 Å². The smallest absolute Gasteiger partial charge is 0.254 e. The average molecular weight is 413 g/mol. The minimum atomic E-state index is -0.104. The predicted molar refractivity (Wildman–Crippen MR) is 112 cm³/mol. The van der Waals surface area contributed by atoms with Crippen LogP contribution in [-0.2, 0) is 0 Å². The van der Waals surface area contributed by atoms with E-state index in [0.29, 0.717) is 55.4 Å². The Bertz CT molecular complexity index is 897. The quantitative estimate of drug-likeness (QED) is 0.667. The van der Waals surface area contributed by atoms with Gasteiger partial charge in [0, 0.05) is 24.6 Å². The zero-order valence-electron chi connectivity index (χ0n) is 17.3. The first-order chi connectivity index (χ1) is 14.6. The van der Waals surface area contributed by atoms with Crippen LogP contribution in [0.4, 0.5) is 0 Å². The third-order valence-electron chi connectivity index (χ3n) is 5.15. The molecule has 0 bridgehead atoms. The van der Waals surface area contributed by atoms with E-state index in [1.165, 1.54) is 6.07 Å². The first kappa shape index (κ1) is 21.5. The number of hydrogen-bond donors (Lipinski definition) is 1. The Kier molecular flexibility index (Phi) is 7.17. The van der Waals surface area contributed by atoms with Crippen molar-refractivity contribution in [1.82, 2.24) is 4.90 Å². The number of ether oxygens (including phenoxy) is 3. The summed E-state index contributed by atoms with van der Waals surface area (Å²) in [6.07, 6.45) is 2.38. The average Bonchev–Trinajstić information content (AvgIpc) is 2.78. The number of amides is 1. The number of nitrogens with zero attached hydrogens (tertiary/aromatic N) is 1. The van der Waals surface area contributed by atoms with Crippen LogP contribution in [0.2, 0.25) is 0 Å². The van der Waals surface area contributed by atoms with E-state index in [-0.39, 0.29) is 23.1 Å². The topological polar surface area (TPSA) is 85.3 Å². The number of likely N-dealkylation sites (tertiary alicyclic amines) is 1. The lowest BCUT2D eigenvalue weighted by atomic mass is 9.98. The van der Waals surface area contributed by atoms with Crippen LogP contribution in [0.25, 0.3) is 0 Å². The highest BCUT2D eigenvalue weighted by Gasteiger charge is 2.26. The van der Waals surface area contributed by atoms with Crippen LogP contribution in [0.15, 0.2) is 36.4 Å². The molecule has 0 saturated carbocycles. The minimum absolute atomic E-state index is 0.0630. The van der Waals surface area contributed by atoms with Crippen LogP contribution in [-0.4, -0.2) is 55.6 Å². The summed E-state index contributed by atoms with van der Waals surface area (Å²) >= 11 is 0. The van der Waals surface area contributed by atoms with Crippen molar-refractivity contribution in [2.45, 2.75) is 19.8 Å². The van der Waals surface area contributed by atoms with Crippen molar-refractivity contribution in [2.75, 3.05) is 33.4 Å². The van der Waals surface area contributed by atoms with Crippen LogP contribution in [0, 0.1) is 5.92 Å². The van der Waals surface area contributed by atoms with Gasteiger partial charge in [-0.2, -0.15) is 0 Å². The molecule has 3 rings (SSSR count). The van der Waals surface area contributed by atoms with Gasteiger partial charge in [-0.05, 0) is 50.1 Å². The SMILES string of the molecule is CCOc1ccc(C(=O)N2CCC[C@@H](COc3cccc(O)c3C=O)C2)cc1OC. The molecule has 1 fully saturated rings. The van der Waals surface area contributed by atoms with Crippen molar-refractivity contribution in [3.63, 3.8) is 0 Å². The molecular formula is C23H27NO6. The Morgan fingerprint density at radius 1 is 1.20 bits per heavy atom. The summed E-state index contributed by atoms with van der Waals surface area (Å²) in [4.78, 5) is 26.0. The highest BCUT2D eigenvalue weighted by atomic mass is 16.5. The van der Waals surface area contributed by atoms with E-state index in [9.17, 15) is 14.7 Å². The Labute approximate surface area is 176 Å². The zero-order valence-corrected chi connectivity index (χ0v) is 17.3. The van der Waals surface area contributed by atoms with Gasteiger partial charge in [0.25, 0.3) is 5.91 Å². The molecule has 1 saturated heterocycles. The summed E-state index contributed by atoms with van der Waals surface area (Å²) in [7, 11) is 1.55. The minimum Gasteiger partial charge on any atom is -0.507 e. The lowest BCUT2D eigenvalue weighted by Gasteiger charge is -2.33. The lowest BCUT2D eigenvalue weighted by Crippen LogP contribution is -2.41. The molecule has 0 aromatic heterocycles. The van der Waals surface area contributed by atoms with Gasteiger partial charge in [0.1, 0.15) is 11.5 Å². The molecular weight excluding hydrogens is 386 g/mol. The third kappa shape index (κ3) is 4.84. The second-order valence-electron chi connectivity index (χ2n) is 7.18. The van der Waals surface area contributed by atoms with Gasteiger partial charge in [-0.15, -0.1) is 0 Å². The van der Waals surface area contributed by atoms with Gasteiger partial charge >= 0.3 is 0 Å². The number of benzene rings is 2. The van der Waals surface area contributed by atoms with Gasteiger partial charge in [0.05, 0.1) is 25.9 Å². The van der Waals surface area contributed by atoms with Gasteiger partial charge in [-0.25, -0.2) is 0 Å². The van der Waals surface area contributed by atoms with Gasteiger partial charge in [0.15, 0.2) is 17.8 Å². The molecule has 0 unspecified atom stereocenters. The molecule has 1 aliphatic rings. The summed E-state index contributed by atoms with van der Waals surface area (Å²) in [6, 6.07) is 9.94. The molecule has 7 nitrogen and oxygen atoms in total. The summed E-state index contributed by atoms with van der Waals surface area (Å²) in [5.74, 6) is 1.46. The van der Waals surface area contributed by atoms with Gasteiger partial charge < -0.3 is 24.2 Å². The number of carbonyl (C=O) groups excluding carboxylic acids is 2. The van der Waals surface area contributed by atoms with E-state index in [2.05, 4.69) is 0 Å². The fourth-order valence-electron chi connectivity index (χ4n) is 3.63. The number of phenolic OH excluding ortho intramolecular Hbond substituents is 1. The standard InChI is InChI=1S/C23H27NO6/c1-3-29-21-10-9-17(12-22(21)28-2)23(27)24-11-5-6-16(13-24)15-30-20-8-4-7-19(26)18(20)14-25/h4,7-10,12,14,16,26H,3,5-6,11,13,15H2,1-2H3/t16-/m1/s1. The maximum Gasteiger partial charge on any atom is 0.254 e. The van der Waals surface area contributed by atoms with Gasteiger partial charge in [-0.1, -0.05) is 6.07 Å². The first-order valence-electron chi connectivity index (χ1n) is 10.1. The number of methoxy groups -OCH3 is 1. The lowest BCUT2D eigenvalue weighted by molar-refractivity contribution is 0.0632. The first-order valence-corrected chi connectivity index (χ1v) is 10.1. The van der Waals surface area contributed by atoms with Crippen molar-refractivity contribution in [3.05, 3.63) is 47.5 Å². The molecule has 1 N–H and O–H groups in total. The number of piperidine rings is 1. The van der Waals surface area contributed by atoms with E-state index in [1.807, 2.05) is 11.8 Å². The van der Waals surface area contributed by atoms with E-state index in [0.717, 1.165) is 12.8 Å². The second-order valence-corrected chi connectivity index (χ2v) is 7.18. The maximum atomic E-state index is 13.0. The summed E-state index contributed by atoms with van der Waals surface area (Å²) in [5, 5.41) is 9.78. The van der Waals surface area contributed by atoms with Gasteiger partial charge in [0.2, 0.25) is 0 Å². The molecule has 1 atom stereocenters. The maximum absolute atomic E-state index is 13.0. The van der Waals surface area contributed by atoms with Crippen molar-refractivity contribution in [3.8, 4) is 23.0 Å². The van der Waals surface area contributed by atoms with E-state index >= 15 is 0 Å². The second kappa shape index (κ2) is 10.0. The molecule has 0 aliphatic carbocycles. The third-order valence-corrected chi connectivity index (χ3v) is 5.15. The zero-order chi connectivity index (χ0) is 21.5. The monoisotopic (exact) mass is 413 g/mol. The number of rotatable bonds is 8. The molecule has 160 valence electrons. The Hall–Kier alpha value is -3.22. The largest absolute Gasteiger partial charge is 0.507 e. The Morgan fingerprint density at radius 2 is 2.03 bits per heavy atom. The molecule has 2 aromatic carbocycles. The predicted octanol–water partition coefficient (Wildman–Crippen LogP) is 3.54. The number of carbonyl (C=O) groups is 2.